The topological polar surface area (TPSA) is 54.7 Å². The number of hydrogen-bond donors (Lipinski definition) is 2. The molecule has 0 amide bonds. The first-order chi connectivity index (χ1) is 5.66. The first-order valence-electron chi connectivity index (χ1n) is 4.09. The minimum absolute atomic E-state index is 0.446. The zero-order chi connectivity index (χ0) is 9.14. The number of H-pyrrole nitrogens is 1. The van der Waals surface area contributed by atoms with Crippen LogP contribution in [0, 0.1) is 0 Å². The van der Waals surface area contributed by atoms with E-state index in [-0.39, 0.29) is 0 Å². The SMILES string of the molecule is CC(C)c1n[nH]c(CCN)c1Br. The van der Waals surface area contributed by atoms with Crippen molar-refractivity contribution in [2.24, 2.45) is 5.73 Å². The number of aromatic nitrogens is 2. The van der Waals surface area contributed by atoms with Crippen LogP contribution in [-0.4, -0.2) is 16.7 Å². The molecule has 0 saturated heterocycles. The van der Waals surface area contributed by atoms with E-state index in [4.69, 9.17) is 5.73 Å². The highest BCUT2D eigenvalue weighted by Crippen LogP contribution is 2.25. The molecule has 0 spiro atoms. The average Bonchev–Trinajstić information content (AvgIpc) is 2.34. The second-order valence-electron chi connectivity index (χ2n) is 3.09. The third-order valence-corrected chi connectivity index (χ3v) is 2.63. The predicted octanol–water partition coefficient (Wildman–Crippen LogP) is 1.80. The molecule has 0 aliphatic heterocycles. The third-order valence-electron chi connectivity index (χ3n) is 1.74. The summed E-state index contributed by atoms with van der Waals surface area (Å²) >= 11 is 3.50. The maximum absolute atomic E-state index is 5.45. The summed E-state index contributed by atoms with van der Waals surface area (Å²) in [7, 11) is 0. The van der Waals surface area contributed by atoms with Crippen molar-refractivity contribution in [3.8, 4) is 0 Å². The molecule has 0 radical (unpaired) electrons. The quantitative estimate of drug-likeness (QED) is 0.834. The highest BCUT2D eigenvalue weighted by atomic mass is 79.9. The van der Waals surface area contributed by atoms with Crippen molar-refractivity contribution in [3.63, 3.8) is 0 Å². The molecule has 3 nitrogen and oxygen atoms in total. The summed E-state index contributed by atoms with van der Waals surface area (Å²) in [5.41, 5.74) is 7.63. The second-order valence-corrected chi connectivity index (χ2v) is 3.89. The van der Waals surface area contributed by atoms with Gasteiger partial charge in [-0.1, -0.05) is 13.8 Å². The number of rotatable bonds is 3. The Bertz CT molecular complexity index is 255. The van der Waals surface area contributed by atoms with Gasteiger partial charge >= 0.3 is 0 Å². The number of nitrogens with one attached hydrogen (secondary N) is 1. The van der Waals surface area contributed by atoms with Crippen LogP contribution >= 0.6 is 15.9 Å². The Morgan fingerprint density at radius 3 is 2.67 bits per heavy atom. The van der Waals surface area contributed by atoms with Gasteiger partial charge in [0.2, 0.25) is 0 Å². The Morgan fingerprint density at radius 1 is 1.58 bits per heavy atom. The van der Waals surface area contributed by atoms with E-state index in [1.165, 1.54) is 0 Å². The van der Waals surface area contributed by atoms with Gasteiger partial charge in [0.15, 0.2) is 0 Å². The van der Waals surface area contributed by atoms with Crippen LogP contribution in [0.2, 0.25) is 0 Å². The summed E-state index contributed by atoms with van der Waals surface area (Å²) in [6, 6.07) is 0. The maximum atomic E-state index is 5.45. The van der Waals surface area contributed by atoms with Gasteiger partial charge in [-0.15, -0.1) is 0 Å². The monoisotopic (exact) mass is 231 g/mol. The average molecular weight is 232 g/mol. The lowest BCUT2D eigenvalue weighted by atomic mass is 10.1. The molecule has 0 unspecified atom stereocenters. The smallest absolute Gasteiger partial charge is 0.0792 e. The largest absolute Gasteiger partial charge is 0.330 e. The second kappa shape index (κ2) is 4.05. The van der Waals surface area contributed by atoms with Crippen molar-refractivity contribution < 1.29 is 0 Å². The van der Waals surface area contributed by atoms with Crippen LogP contribution in [0.1, 0.15) is 31.2 Å². The Labute approximate surface area is 80.9 Å². The van der Waals surface area contributed by atoms with Crippen molar-refractivity contribution >= 4 is 15.9 Å². The van der Waals surface area contributed by atoms with Gasteiger partial charge in [-0.25, -0.2) is 0 Å². The fraction of sp³-hybridized carbons (Fsp3) is 0.625. The van der Waals surface area contributed by atoms with Crippen LogP contribution < -0.4 is 5.73 Å². The van der Waals surface area contributed by atoms with E-state index in [0.29, 0.717) is 12.5 Å². The van der Waals surface area contributed by atoms with E-state index >= 15 is 0 Å². The molecule has 12 heavy (non-hydrogen) atoms. The lowest BCUT2D eigenvalue weighted by Crippen LogP contribution is -2.03. The van der Waals surface area contributed by atoms with E-state index in [2.05, 4.69) is 40.0 Å². The molecule has 0 aliphatic rings. The highest BCUT2D eigenvalue weighted by Gasteiger charge is 2.12. The summed E-state index contributed by atoms with van der Waals surface area (Å²) in [4.78, 5) is 0. The Balaban J connectivity index is 2.88. The van der Waals surface area contributed by atoms with E-state index in [0.717, 1.165) is 22.3 Å². The van der Waals surface area contributed by atoms with Crippen molar-refractivity contribution in [3.05, 3.63) is 15.9 Å². The molecule has 68 valence electrons. The van der Waals surface area contributed by atoms with Crippen LogP contribution in [-0.2, 0) is 6.42 Å². The van der Waals surface area contributed by atoms with Gasteiger partial charge in [0.1, 0.15) is 0 Å². The van der Waals surface area contributed by atoms with E-state index < -0.39 is 0 Å². The van der Waals surface area contributed by atoms with Gasteiger partial charge in [0, 0.05) is 6.42 Å². The molecule has 1 aromatic heterocycles. The van der Waals surface area contributed by atoms with Crippen LogP contribution in [0.3, 0.4) is 0 Å². The summed E-state index contributed by atoms with van der Waals surface area (Å²) in [5.74, 6) is 0.446. The van der Waals surface area contributed by atoms with Crippen LogP contribution in [0.5, 0.6) is 0 Å². The van der Waals surface area contributed by atoms with Gasteiger partial charge in [-0.05, 0) is 28.4 Å². The number of nitrogens with zero attached hydrogens (tertiary/aromatic N) is 1. The molecule has 0 atom stereocenters. The molecular weight excluding hydrogens is 218 g/mol. The Kier molecular flexibility index (Phi) is 3.29. The highest BCUT2D eigenvalue weighted by molar-refractivity contribution is 9.10. The summed E-state index contributed by atoms with van der Waals surface area (Å²) in [6.45, 7) is 4.89. The molecule has 0 bridgehead atoms. The molecule has 1 rings (SSSR count). The number of hydrogen-bond acceptors (Lipinski definition) is 2. The van der Waals surface area contributed by atoms with Crippen LogP contribution in [0.4, 0.5) is 0 Å². The van der Waals surface area contributed by atoms with Gasteiger partial charge in [0.05, 0.1) is 15.9 Å². The minimum Gasteiger partial charge on any atom is -0.330 e. The lowest BCUT2D eigenvalue weighted by Gasteiger charge is -1.99. The molecule has 1 heterocycles. The first kappa shape index (κ1) is 9.74. The van der Waals surface area contributed by atoms with Crippen molar-refractivity contribution in [2.75, 3.05) is 6.54 Å². The summed E-state index contributed by atoms with van der Waals surface area (Å²) in [5, 5.41) is 7.19. The zero-order valence-electron chi connectivity index (χ0n) is 7.39. The maximum Gasteiger partial charge on any atom is 0.0792 e. The standard InChI is InChI=1S/C8H14BrN3/c1-5(2)8-7(9)6(3-4-10)11-12-8/h5H,3-4,10H2,1-2H3,(H,11,12). The zero-order valence-corrected chi connectivity index (χ0v) is 8.98. The molecule has 0 aromatic carbocycles. The van der Waals surface area contributed by atoms with Crippen molar-refractivity contribution in [1.82, 2.24) is 10.2 Å². The fourth-order valence-corrected chi connectivity index (χ4v) is 1.91. The number of nitrogens with two attached hydrogens (primary N) is 1. The lowest BCUT2D eigenvalue weighted by molar-refractivity contribution is 0.804. The minimum atomic E-state index is 0.446. The van der Waals surface area contributed by atoms with Crippen LogP contribution in [0.25, 0.3) is 0 Å². The molecular formula is C8H14BrN3. The van der Waals surface area contributed by atoms with Crippen molar-refractivity contribution in [2.45, 2.75) is 26.2 Å². The van der Waals surface area contributed by atoms with Crippen molar-refractivity contribution in [1.29, 1.82) is 0 Å². The molecule has 0 saturated carbocycles. The van der Waals surface area contributed by atoms with Crippen LogP contribution in [0.15, 0.2) is 4.47 Å². The third kappa shape index (κ3) is 1.87. The van der Waals surface area contributed by atoms with Gasteiger partial charge < -0.3 is 5.73 Å². The molecule has 0 fully saturated rings. The fourth-order valence-electron chi connectivity index (χ4n) is 1.07. The van der Waals surface area contributed by atoms with E-state index in [1.807, 2.05) is 0 Å². The summed E-state index contributed by atoms with van der Waals surface area (Å²) < 4.78 is 1.09. The van der Waals surface area contributed by atoms with E-state index in [1.54, 1.807) is 0 Å². The molecule has 4 heteroatoms. The number of halogens is 1. The van der Waals surface area contributed by atoms with Gasteiger partial charge in [0.25, 0.3) is 0 Å². The van der Waals surface area contributed by atoms with Gasteiger partial charge in [-0.3, -0.25) is 5.10 Å². The Hall–Kier alpha value is -0.350. The Morgan fingerprint density at radius 2 is 2.25 bits per heavy atom. The molecule has 3 N–H and O–H groups in total. The summed E-state index contributed by atoms with van der Waals surface area (Å²) in [6.07, 6.45) is 0.848. The normalized spacial score (nSPS) is 11.1. The first-order valence-corrected chi connectivity index (χ1v) is 4.88. The predicted molar refractivity (Wildman–Crippen MR) is 53.1 cm³/mol. The molecule has 1 aromatic rings. The van der Waals surface area contributed by atoms with Gasteiger partial charge in [-0.2, -0.15) is 5.10 Å². The molecule has 0 aliphatic carbocycles. The number of aromatic amines is 1. The van der Waals surface area contributed by atoms with E-state index in [9.17, 15) is 0 Å².